The average molecular weight is 309 g/mol. The molecule has 3 nitrogen and oxygen atoms in total. The molecule has 4 heteroatoms. The van der Waals surface area contributed by atoms with Crippen molar-refractivity contribution in [2.75, 3.05) is 19.6 Å². The van der Waals surface area contributed by atoms with Gasteiger partial charge in [-0.25, -0.2) is 0 Å². The predicted molar refractivity (Wildman–Crippen MR) is 74.5 cm³/mol. The van der Waals surface area contributed by atoms with Gasteiger partial charge in [-0.3, -0.25) is 9.69 Å². The van der Waals surface area contributed by atoms with E-state index in [1.165, 1.54) is 5.56 Å². The van der Waals surface area contributed by atoms with Gasteiger partial charge >= 0.3 is 0 Å². The van der Waals surface area contributed by atoms with E-state index in [4.69, 9.17) is 0 Å². The smallest absolute Gasteiger partial charge is 0.237 e. The summed E-state index contributed by atoms with van der Waals surface area (Å²) in [6, 6.07) is 8.43. The van der Waals surface area contributed by atoms with Gasteiger partial charge in [-0.05, 0) is 37.1 Å². The zero-order valence-electron chi connectivity index (χ0n) is 10.2. The van der Waals surface area contributed by atoms with Gasteiger partial charge in [-0.2, -0.15) is 0 Å². The Morgan fingerprint density at radius 2 is 2.00 bits per heavy atom. The Kier molecular flexibility index (Phi) is 3.39. The van der Waals surface area contributed by atoms with Crippen LogP contribution in [0.15, 0.2) is 28.7 Å². The van der Waals surface area contributed by atoms with Crippen molar-refractivity contribution in [3.8, 4) is 0 Å². The van der Waals surface area contributed by atoms with Crippen LogP contribution in [0.25, 0.3) is 0 Å². The molecule has 0 aliphatic carbocycles. The van der Waals surface area contributed by atoms with Crippen molar-refractivity contribution >= 4 is 21.8 Å². The van der Waals surface area contributed by atoms with E-state index in [1.54, 1.807) is 0 Å². The monoisotopic (exact) mass is 308 g/mol. The Balaban J connectivity index is 1.88. The molecule has 1 amide bonds. The van der Waals surface area contributed by atoms with Crippen molar-refractivity contribution in [1.29, 1.82) is 0 Å². The zero-order valence-corrected chi connectivity index (χ0v) is 11.8. The highest BCUT2D eigenvalue weighted by molar-refractivity contribution is 9.10. The van der Waals surface area contributed by atoms with Gasteiger partial charge in [0.25, 0.3) is 0 Å². The number of amides is 1. The number of benzene rings is 1. The van der Waals surface area contributed by atoms with E-state index in [9.17, 15) is 4.79 Å². The fourth-order valence-corrected chi connectivity index (χ4v) is 3.38. The SMILES string of the molecule is O=C1NCCCN2CC[C@H](c3ccc(Br)cc3)[C@H]12. The molecule has 0 radical (unpaired) electrons. The third kappa shape index (κ3) is 2.19. The van der Waals surface area contributed by atoms with Crippen LogP contribution in [0.3, 0.4) is 0 Å². The molecule has 2 heterocycles. The second kappa shape index (κ2) is 5.02. The lowest BCUT2D eigenvalue weighted by Gasteiger charge is -2.24. The van der Waals surface area contributed by atoms with E-state index < -0.39 is 0 Å². The minimum Gasteiger partial charge on any atom is -0.355 e. The number of carbonyl (C=O) groups is 1. The second-order valence-electron chi connectivity index (χ2n) is 5.07. The molecule has 96 valence electrons. The van der Waals surface area contributed by atoms with Gasteiger partial charge < -0.3 is 5.32 Å². The highest BCUT2D eigenvalue weighted by Gasteiger charge is 2.40. The molecule has 0 spiro atoms. The lowest BCUT2D eigenvalue weighted by molar-refractivity contribution is -0.124. The number of rotatable bonds is 1. The number of hydrogen-bond donors (Lipinski definition) is 1. The third-order valence-electron chi connectivity index (χ3n) is 3.99. The minimum atomic E-state index is 0.0358. The second-order valence-corrected chi connectivity index (χ2v) is 5.99. The van der Waals surface area contributed by atoms with Crippen molar-refractivity contribution in [1.82, 2.24) is 10.2 Å². The molecule has 2 aliphatic rings. The van der Waals surface area contributed by atoms with Gasteiger partial charge in [-0.1, -0.05) is 28.1 Å². The highest BCUT2D eigenvalue weighted by Crippen LogP contribution is 2.34. The number of hydrogen-bond acceptors (Lipinski definition) is 2. The molecule has 1 N–H and O–H groups in total. The number of nitrogens with one attached hydrogen (secondary N) is 1. The molecule has 1 aromatic carbocycles. The summed E-state index contributed by atoms with van der Waals surface area (Å²) >= 11 is 3.46. The van der Waals surface area contributed by atoms with Gasteiger partial charge in [0.2, 0.25) is 5.91 Å². The van der Waals surface area contributed by atoms with E-state index in [-0.39, 0.29) is 11.9 Å². The predicted octanol–water partition coefficient (Wildman–Crippen LogP) is 2.13. The Bertz CT molecular complexity index is 446. The van der Waals surface area contributed by atoms with Crippen LogP contribution >= 0.6 is 15.9 Å². The van der Waals surface area contributed by atoms with Crippen LogP contribution in [0.1, 0.15) is 24.3 Å². The fraction of sp³-hybridized carbons (Fsp3) is 0.500. The van der Waals surface area contributed by atoms with Crippen LogP contribution in [-0.2, 0) is 4.79 Å². The van der Waals surface area contributed by atoms with Crippen molar-refractivity contribution < 1.29 is 4.79 Å². The number of carbonyl (C=O) groups excluding carboxylic acids is 1. The molecule has 1 aromatic rings. The molecule has 0 unspecified atom stereocenters. The minimum absolute atomic E-state index is 0.0358. The lowest BCUT2D eigenvalue weighted by Crippen LogP contribution is -2.42. The summed E-state index contributed by atoms with van der Waals surface area (Å²) < 4.78 is 1.09. The van der Waals surface area contributed by atoms with Gasteiger partial charge in [-0.15, -0.1) is 0 Å². The van der Waals surface area contributed by atoms with Crippen LogP contribution in [-0.4, -0.2) is 36.5 Å². The quantitative estimate of drug-likeness (QED) is 0.862. The molecule has 3 rings (SSSR count). The van der Waals surface area contributed by atoms with Crippen molar-refractivity contribution in [2.45, 2.75) is 24.8 Å². The van der Waals surface area contributed by atoms with Gasteiger partial charge in [0.05, 0.1) is 6.04 Å². The van der Waals surface area contributed by atoms with Crippen molar-refractivity contribution in [2.24, 2.45) is 0 Å². The molecule has 0 aromatic heterocycles. The largest absolute Gasteiger partial charge is 0.355 e. The molecular formula is C14H17BrN2O. The standard InChI is InChI=1S/C14H17BrN2O/c15-11-4-2-10(3-5-11)12-6-9-17-8-1-7-16-14(18)13(12)17/h2-5,12-13H,1,6-9H2,(H,16,18)/t12-,13-/m1/s1. The van der Waals surface area contributed by atoms with Gasteiger partial charge in [0, 0.05) is 23.5 Å². The summed E-state index contributed by atoms with van der Waals surface area (Å²) in [4.78, 5) is 14.5. The van der Waals surface area contributed by atoms with Crippen molar-refractivity contribution in [3.05, 3.63) is 34.3 Å². The first kappa shape index (κ1) is 12.2. The molecule has 2 atom stereocenters. The normalized spacial score (nSPS) is 28.6. The number of nitrogens with zero attached hydrogens (tertiary/aromatic N) is 1. The first-order valence-corrected chi connectivity index (χ1v) is 7.32. The molecule has 0 saturated carbocycles. The zero-order chi connectivity index (χ0) is 12.5. The maximum Gasteiger partial charge on any atom is 0.237 e. The van der Waals surface area contributed by atoms with Crippen LogP contribution in [0.2, 0.25) is 0 Å². The lowest BCUT2D eigenvalue weighted by atomic mass is 9.91. The van der Waals surface area contributed by atoms with Crippen LogP contribution in [0.4, 0.5) is 0 Å². The van der Waals surface area contributed by atoms with E-state index in [1.807, 2.05) is 0 Å². The van der Waals surface area contributed by atoms with E-state index in [0.29, 0.717) is 5.92 Å². The summed E-state index contributed by atoms with van der Waals surface area (Å²) in [5, 5.41) is 3.04. The highest BCUT2D eigenvalue weighted by atomic mass is 79.9. The Morgan fingerprint density at radius 3 is 2.78 bits per heavy atom. The molecule has 2 fully saturated rings. The molecule has 0 bridgehead atoms. The maximum atomic E-state index is 12.2. The van der Waals surface area contributed by atoms with Crippen LogP contribution in [0, 0.1) is 0 Å². The Labute approximate surface area is 116 Å². The topological polar surface area (TPSA) is 32.3 Å². The third-order valence-corrected chi connectivity index (χ3v) is 4.52. The molecule has 2 aliphatic heterocycles. The summed E-state index contributed by atoms with van der Waals surface area (Å²) in [6.45, 7) is 2.90. The van der Waals surface area contributed by atoms with E-state index >= 15 is 0 Å². The number of halogens is 1. The summed E-state index contributed by atoms with van der Waals surface area (Å²) in [5.41, 5.74) is 1.28. The summed E-state index contributed by atoms with van der Waals surface area (Å²) in [7, 11) is 0. The molecule has 18 heavy (non-hydrogen) atoms. The Hall–Kier alpha value is -0.870. The molecule has 2 saturated heterocycles. The maximum absolute atomic E-state index is 12.2. The average Bonchev–Trinajstić information content (AvgIpc) is 2.71. The Morgan fingerprint density at radius 1 is 1.22 bits per heavy atom. The summed E-state index contributed by atoms with van der Waals surface area (Å²) in [5.74, 6) is 0.550. The first-order valence-electron chi connectivity index (χ1n) is 6.53. The van der Waals surface area contributed by atoms with Crippen LogP contribution in [0.5, 0.6) is 0 Å². The van der Waals surface area contributed by atoms with E-state index in [2.05, 4.69) is 50.4 Å². The fourth-order valence-electron chi connectivity index (χ4n) is 3.11. The first-order chi connectivity index (χ1) is 8.75. The van der Waals surface area contributed by atoms with Gasteiger partial charge in [0.1, 0.15) is 0 Å². The number of fused-ring (bicyclic) bond motifs is 1. The van der Waals surface area contributed by atoms with Crippen molar-refractivity contribution in [3.63, 3.8) is 0 Å². The summed E-state index contributed by atoms with van der Waals surface area (Å²) in [6.07, 6.45) is 2.15. The van der Waals surface area contributed by atoms with Gasteiger partial charge in [0.15, 0.2) is 0 Å². The van der Waals surface area contributed by atoms with Crippen LogP contribution < -0.4 is 5.32 Å². The van der Waals surface area contributed by atoms with E-state index in [0.717, 1.165) is 36.9 Å². The molecular weight excluding hydrogens is 292 g/mol.